The summed E-state index contributed by atoms with van der Waals surface area (Å²) in [6, 6.07) is 10.2. The molecule has 126 valence electrons. The summed E-state index contributed by atoms with van der Waals surface area (Å²) >= 11 is 0. The van der Waals surface area contributed by atoms with E-state index in [2.05, 4.69) is 21.7 Å². The van der Waals surface area contributed by atoms with Crippen LogP contribution in [0.3, 0.4) is 0 Å². The van der Waals surface area contributed by atoms with Gasteiger partial charge in [-0.15, -0.1) is 0 Å². The number of hydrogen-bond acceptors (Lipinski definition) is 4. The summed E-state index contributed by atoms with van der Waals surface area (Å²) in [4.78, 5) is 24.0. The zero-order chi connectivity index (χ0) is 16.5. The molecule has 0 spiro atoms. The highest BCUT2D eigenvalue weighted by Crippen LogP contribution is 2.21. The molecule has 2 fully saturated rings. The van der Waals surface area contributed by atoms with Gasteiger partial charge in [0.25, 0.3) is 5.91 Å². The fourth-order valence-electron chi connectivity index (χ4n) is 3.69. The molecule has 2 aromatic rings. The lowest BCUT2D eigenvalue weighted by atomic mass is 10.0. The van der Waals surface area contributed by atoms with Crippen molar-refractivity contribution in [3.05, 3.63) is 42.1 Å². The lowest BCUT2D eigenvalue weighted by Crippen LogP contribution is -2.64. The first-order valence-corrected chi connectivity index (χ1v) is 8.85. The lowest BCUT2D eigenvalue weighted by molar-refractivity contribution is 0.00841. The number of benzene rings is 1. The summed E-state index contributed by atoms with van der Waals surface area (Å²) in [5, 5.41) is 1.02. The number of likely N-dealkylation sites (tertiary alicyclic amines) is 1. The van der Waals surface area contributed by atoms with E-state index in [1.54, 1.807) is 6.20 Å². The van der Waals surface area contributed by atoms with Gasteiger partial charge in [-0.05, 0) is 30.8 Å². The molecule has 24 heavy (non-hydrogen) atoms. The van der Waals surface area contributed by atoms with Gasteiger partial charge in [-0.1, -0.05) is 13.0 Å². The van der Waals surface area contributed by atoms with Gasteiger partial charge in [-0.2, -0.15) is 0 Å². The summed E-state index contributed by atoms with van der Waals surface area (Å²) in [6.45, 7) is 9.63. The SMILES string of the molecule is CCN1CCN(C2CN(C(=O)c3ccc4ncccc4c3)C2)CC1. The van der Waals surface area contributed by atoms with Gasteiger partial charge in [0.1, 0.15) is 0 Å². The Morgan fingerprint density at radius 3 is 2.71 bits per heavy atom. The van der Waals surface area contributed by atoms with E-state index < -0.39 is 0 Å². The summed E-state index contributed by atoms with van der Waals surface area (Å²) in [5.74, 6) is 0.143. The molecule has 4 rings (SSSR count). The number of nitrogens with zero attached hydrogens (tertiary/aromatic N) is 4. The van der Waals surface area contributed by atoms with Gasteiger partial charge < -0.3 is 9.80 Å². The Balaban J connectivity index is 1.36. The highest BCUT2D eigenvalue weighted by atomic mass is 16.2. The second-order valence-electron chi connectivity index (χ2n) is 6.75. The first kappa shape index (κ1) is 15.5. The van der Waals surface area contributed by atoms with Crippen molar-refractivity contribution in [1.82, 2.24) is 19.7 Å². The van der Waals surface area contributed by atoms with Crippen molar-refractivity contribution in [2.75, 3.05) is 45.8 Å². The molecule has 1 aromatic heterocycles. The number of carbonyl (C=O) groups is 1. The van der Waals surface area contributed by atoms with E-state index in [0.717, 1.165) is 62.3 Å². The summed E-state index contributed by atoms with van der Waals surface area (Å²) in [6.07, 6.45) is 1.78. The number of fused-ring (bicyclic) bond motifs is 1. The van der Waals surface area contributed by atoms with E-state index in [9.17, 15) is 4.79 Å². The van der Waals surface area contributed by atoms with Gasteiger partial charge in [-0.25, -0.2) is 0 Å². The largest absolute Gasteiger partial charge is 0.335 e. The highest BCUT2D eigenvalue weighted by molar-refractivity contribution is 5.98. The fourth-order valence-corrected chi connectivity index (χ4v) is 3.69. The van der Waals surface area contributed by atoms with Gasteiger partial charge in [0.05, 0.1) is 5.52 Å². The number of hydrogen-bond donors (Lipinski definition) is 0. The summed E-state index contributed by atoms with van der Waals surface area (Å²) in [5.41, 5.74) is 1.70. The zero-order valence-electron chi connectivity index (χ0n) is 14.2. The minimum absolute atomic E-state index is 0.143. The molecule has 0 aliphatic carbocycles. The summed E-state index contributed by atoms with van der Waals surface area (Å²) < 4.78 is 0. The van der Waals surface area contributed by atoms with Crippen LogP contribution in [-0.4, -0.2) is 77.4 Å². The van der Waals surface area contributed by atoms with Crippen molar-refractivity contribution in [1.29, 1.82) is 0 Å². The number of amides is 1. The molecular weight excluding hydrogens is 300 g/mol. The molecule has 2 saturated heterocycles. The van der Waals surface area contributed by atoms with E-state index in [0.29, 0.717) is 6.04 Å². The number of piperazine rings is 1. The predicted octanol–water partition coefficient (Wildman–Crippen LogP) is 1.70. The van der Waals surface area contributed by atoms with Crippen LogP contribution in [0.15, 0.2) is 36.5 Å². The molecule has 0 radical (unpaired) electrons. The van der Waals surface area contributed by atoms with Crippen LogP contribution in [-0.2, 0) is 0 Å². The Labute approximate surface area is 142 Å². The van der Waals surface area contributed by atoms with Gasteiger partial charge in [0.15, 0.2) is 0 Å². The quantitative estimate of drug-likeness (QED) is 0.861. The van der Waals surface area contributed by atoms with Crippen LogP contribution in [0.2, 0.25) is 0 Å². The van der Waals surface area contributed by atoms with Crippen LogP contribution in [0.1, 0.15) is 17.3 Å². The van der Waals surface area contributed by atoms with Crippen molar-refractivity contribution in [2.24, 2.45) is 0 Å². The number of aromatic nitrogens is 1. The van der Waals surface area contributed by atoms with E-state index in [1.165, 1.54) is 0 Å². The van der Waals surface area contributed by atoms with Crippen molar-refractivity contribution in [2.45, 2.75) is 13.0 Å². The van der Waals surface area contributed by atoms with Gasteiger partial charge in [0, 0.05) is 62.5 Å². The van der Waals surface area contributed by atoms with Gasteiger partial charge in [0.2, 0.25) is 0 Å². The van der Waals surface area contributed by atoms with Gasteiger partial charge in [-0.3, -0.25) is 14.7 Å². The fraction of sp³-hybridized carbons (Fsp3) is 0.474. The van der Waals surface area contributed by atoms with Crippen LogP contribution in [0.25, 0.3) is 10.9 Å². The zero-order valence-corrected chi connectivity index (χ0v) is 14.2. The third-order valence-corrected chi connectivity index (χ3v) is 5.37. The Morgan fingerprint density at radius 2 is 1.96 bits per heavy atom. The predicted molar refractivity (Wildman–Crippen MR) is 95.1 cm³/mol. The topological polar surface area (TPSA) is 39.7 Å². The number of rotatable bonds is 3. The first-order chi connectivity index (χ1) is 11.7. The van der Waals surface area contributed by atoms with Crippen LogP contribution < -0.4 is 0 Å². The second-order valence-corrected chi connectivity index (χ2v) is 6.75. The molecule has 1 amide bonds. The molecule has 0 N–H and O–H groups in total. The maximum absolute atomic E-state index is 12.7. The highest BCUT2D eigenvalue weighted by Gasteiger charge is 2.36. The van der Waals surface area contributed by atoms with Crippen LogP contribution in [0.5, 0.6) is 0 Å². The van der Waals surface area contributed by atoms with E-state index in [-0.39, 0.29) is 5.91 Å². The maximum Gasteiger partial charge on any atom is 0.253 e. The monoisotopic (exact) mass is 324 g/mol. The summed E-state index contributed by atoms with van der Waals surface area (Å²) in [7, 11) is 0. The molecule has 5 heteroatoms. The molecule has 1 aromatic carbocycles. The Bertz CT molecular complexity index is 733. The normalized spacial score (nSPS) is 20.3. The Morgan fingerprint density at radius 1 is 1.17 bits per heavy atom. The second kappa shape index (κ2) is 6.49. The Hall–Kier alpha value is -1.98. The van der Waals surface area contributed by atoms with Crippen molar-refractivity contribution in [3.63, 3.8) is 0 Å². The van der Waals surface area contributed by atoms with E-state index in [4.69, 9.17) is 0 Å². The Kier molecular flexibility index (Phi) is 4.21. The van der Waals surface area contributed by atoms with Crippen molar-refractivity contribution < 1.29 is 4.79 Å². The van der Waals surface area contributed by atoms with Crippen molar-refractivity contribution >= 4 is 16.8 Å². The van der Waals surface area contributed by atoms with Crippen molar-refractivity contribution in [3.8, 4) is 0 Å². The number of pyridine rings is 1. The number of carbonyl (C=O) groups excluding carboxylic acids is 1. The average molecular weight is 324 g/mol. The minimum Gasteiger partial charge on any atom is -0.335 e. The molecule has 0 bridgehead atoms. The van der Waals surface area contributed by atoms with Gasteiger partial charge >= 0.3 is 0 Å². The standard InChI is InChI=1S/C19H24N4O/c1-2-21-8-10-22(11-9-21)17-13-23(14-17)19(24)16-5-6-18-15(12-16)4-3-7-20-18/h3-7,12,17H,2,8-11,13-14H2,1H3. The van der Waals surface area contributed by atoms with E-state index >= 15 is 0 Å². The molecular formula is C19H24N4O. The third kappa shape index (κ3) is 2.89. The molecule has 0 atom stereocenters. The third-order valence-electron chi connectivity index (χ3n) is 5.37. The van der Waals surface area contributed by atoms with Crippen LogP contribution in [0.4, 0.5) is 0 Å². The lowest BCUT2D eigenvalue weighted by Gasteiger charge is -2.48. The van der Waals surface area contributed by atoms with E-state index in [1.807, 2.05) is 35.2 Å². The average Bonchev–Trinajstić information content (AvgIpc) is 2.60. The smallest absolute Gasteiger partial charge is 0.253 e. The molecule has 0 saturated carbocycles. The molecule has 2 aliphatic heterocycles. The van der Waals surface area contributed by atoms with Crippen LogP contribution >= 0.6 is 0 Å². The van der Waals surface area contributed by atoms with Crippen LogP contribution in [0, 0.1) is 0 Å². The first-order valence-electron chi connectivity index (χ1n) is 8.85. The number of likely N-dealkylation sites (N-methyl/N-ethyl adjacent to an activating group) is 1. The maximum atomic E-state index is 12.7. The minimum atomic E-state index is 0.143. The molecule has 3 heterocycles. The molecule has 5 nitrogen and oxygen atoms in total. The molecule has 2 aliphatic rings. The molecule has 0 unspecified atom stereocenters.